The van der Waals surface area contributed by atoms with Crippen molar-refractivity contribution in [2.45, 2.75) is 11.3 Å². The Bertz CT molecular complexity index is 1200. The molecule has 0 radical (unpaired) electrons. The van der Waals surface area contributed by atoms with Crippen LogP contribution in [0.1, 0.15) is 5.89 Å². The molecule has 0 unspecified atom stereocenters. The molecule has 0 fully saturated rings. The van der Waals surface area contributed by atoms with Crippen molar-refractivity contribution in [1.29, 1.82) is 0 Å². The van der Waals surface area contributed by atoms with Crippen LogP contribution in [0, 0.1) is 5.82 Å². The van der Waals surface area contributed by atoms with Crippen molar-refractivity contribution < 1.29 is 17.2 Å². The van der Waals surface area contributed by atoms with Crippen LogP contribution in [0.5, 0.6) is 0 Å². The number of rotatable bonds is 5. The molecule has 0 aliphatic carbocycles. The molecular weight excluding hydrogens is 367 g/mol. The molecule has 0 bridgehead atoms. The van der Waals surface area contributed by atoms with E-state index >= 15 is 0 Å². The minimum Gasteiger partial charge on any atom is -0.421 e. The third kappa shape index (κ3) is 3.73. The Morgan fingerprint density at radius 2 is 1.63 bits per heavy atom. The summed E-state index contributed by atoms with van der Waals surface area (Å²) in [5, 5.41) is 9.64. The number of aromatic nitrogens is 2. The largest absolute Gasteiger partial charge is 0.421 e. The summed E-state index contributed by atoms with van der Waals surface area (Å²) in [5.74, 6) is -0.0529. The van der Waals surface area contributed by atoms with Gasteiger partial charge in [-0.05, 0) is 47.2 Å². The third-order valence-electron chi connectivity index (χ3n) is 4.22. The molecule has 0 aliphatic heterocycles. The first-order valence-corrected chi connectivity index (χ1v) is 9.96. The second-order valence-electron chi connectivity index (χ2n) is 6.09. The second kappa shape index (κ2) is 6.92. The van der Waals surface area contributed by atoms with E-state index in [2.05, 4.69) is 10.2 Å². The molecule has 0 spiro atoms. The summed E-state index contributed by atoms with van der Waals surface area (Å²) in [6, 6.07) is 18.3. The Hall–Kier alpha value is -3.06. The van der Waals surface area contributed by atoms with Gasteiger partial charge in [-0.3, -0.25) is 0 Å². The molecule has 0 aliphatic rings. The molecule has 4 rings (SSSR count). The van der Waals surface area contributed by atoms with E-state index in [1.807, 2.05) is 24.3 Å². The van der Waals surface area contributed by atoms with Crippen LogP contribution in [0.15, 0.2) is 76.0 Å². The molecule has 7 heteroatoms. The van der Waals surface area contributed by atoms with E-state index in [9.17, 15) is 12.8 Å². The highest BCUT2D eigenvalue weighted by atomic mass is 32.2. The Kier molecular flexibility index (Phi) is 4.45. The average molecular weight is 382 g/mol. The van der Waals surface area contributed by atoms with Gasteiger partial charge < -0.3 is 4.42 Å². The number of sulfone groups is 1. The zero-order valence-corrected chi connectivity index (χ0v) is 15.0. The zero-order valence-electron chi connectivity index (χ0n) is 14.2. The highest BCUT2D eigenvalue weighted by Gasteiger charge is 2.17. The molecule has 0 saturated carbocycles. The molecule has 4 aromatic rings. The highest BCUT2D eigenvalue weighted by Crippen LogP contribution is 2.22. The SMILES string of the molecule is O=S(=O)(CCc1nnc(-c2ccc(F)cc2)o1)c1ccc2ccccc2c1. The van der Waals surface area contributed by atoms with E-state index in [1.54, 1.807) is 18.2 Å². The summed E-state index contributed by atoms with van der Waals surface area (Å²) in [4.78, 5) is 0.263. The van der Waals surface area contributed by atoms with Gasteiger partial charge in [0.25, 0.3) is 0 Å². The van der Waals surface area contributed by atoms with Crippen molar-refractivity contribution in [2.24, 2.45) is 0 Å². The monoisotopic (exact) mass is 382 g/mol. The third-order valence-corrected chi connectivity index (χ3v) is 5.94. The van der Waals surface area contributed by atoms with Crippen LogP contribution in [0.3, 0.4) is 0 Å². The first-order chi connectivity index (χ1) is 13.0. The van der Waals surface area contributed by atoms with Crippen LogP contribution >= 0.6 is 0 Å². The van der Waals surface area contributed by atoms with Crippen molar-refractivity contribution in [3.8, 4) is 11.5 Å². The van der Waals surface area contributed by atoms with Gasteiger partial charge in [0.1, 0.15) is 5.82 Å². The van der Waals surface area contributed by atoms with Crippen LogP contribution in [0.2, 0.25) is 0 Å². The van der Waals surface area contributed by atoms with Crippen LogP contribution in [-0.4, -0.2) is 24.4 Å². The van der Waals surface area contributed by atoms with E-state index in [0.29, 0.717) is 5.56 Å². The first-order valence-electron chi connectivity index (χ1n) is 8.31. The Balaban J connectivity index is 1.51. The van der Waals surface area contributed by atoms with Crippen molar-refractivity contribution in [1.82, 2.24) is 10.2 Å². The molecule has 5 nitrogen and oxygen atoms in total. The maximum atomic E-state index is 13.0. The van der Waals surface area contributed by atoms with E-state index in [0.717, 1.165) is 10.8 Å². The lowest BCUT2D eigenvalue weighted by atomic mass is 10.1. The number of hydrogen-bond donors (Lipinski definition) is 0. The van der Waals surface area contributed by atoms with Gasteiger partial charge in [-0.25, -0.2) is 12.8 Å². The summed E-state index contributed by atoms with van der Waals surface area (Å²) in [5.41, 5.74) is 0.576. The quantitative estimate of drug-likeness (QED) is 0.521. The lowest BCUT2D eigenvalue weighted by Crippen LogP contribution is -2.09. The molecule has 0 saturated heterocycles. The van der Waals surface area contributed by atoms with E-state index < -0.39 is 9.84 Å². The van der Waals surface area contributed by atoms with Crippen LogP contribution in [-0.2, 0) is 16.3 Å². The Labute approximate surface area is 155 Å². The summed E-state index contributed by atoms with van der Waals surface area (Å²) in [7, 11) is -3.49. The summed E-state index contributed by atoms with van der Waals surface area (Å²) in [6.45, 7) is 0. The Morgan fingerprint density at radius 1 is 0.889 bits per heavy atom. The Morgan fingerprint density at radius 3 is 2.41 bits per heavy atom. The predicted molar refractivity (Wildman–Crippen MR) is 99.4 cm³/mol. The highest BCUT2D eigenvalue weighted by molar-refractivity contribution is 7.91. The normalized spacial score (nSPS) is 11.7. The molecule has 0 N–H and O–H groups in total. The van der Waals surface area contributed by atoms with E-state index in [-0.39, 0.29) is 34.7 Å². The molecule has 27 heavy (non-hydrogen) atoms. The topological polar surface area (TPSA) is 73.1 Å². The number of halogens is 1. The number of nitrogens with zero attached hydrogens (tertiary/aromatic N) is 2. The number of benzene rings is 3. The van der Waals surface area contributed by atoms with Crippen molar-refractivity contribution in [3.05, 3.63) is 78.4 Å². The standard InChI is InChI=1S/C20H15FN2O3S/c21-17-8-5-15(6-9-17)20-23-22-19(26-20)11-12-27(24,25)18-10-7-14-3-1-2-4-16(14)13-18/h1-10,13H,11-12H2. The van der Waals surface area contributed by atoms with Gasteiger partial charge in [-0.15, -0.1) is 10.2 Å². The maximum absolute atomic E-state index is 13.0. The molecule has 136 valence electrons. The van der Waals surface area contributed by atoms with Gasteiger partial charge >= 0.3 is 0 Å². The van der Waals surface area contributed by atoms with E-state index in [4.69, 9.17) is 4.42 Å². The molecule has 0 atom stereocenters. The number of hydrogen-bond acceptors (Lipinski definition) is 5. The van der Waals surface area contributed by atoms with Crippen molar-refractivity contribution in [2.75, 3.05) is 5.75 Å². The molecule has 1 aromatic heterocycles. The number of fused-ring (bicyclic) bond motifs is 1. The van der Waals surface area contributed by atoms with Gasteiger partial charge in [-0.1, -0.05) is 30.3 Å². The maximum Gasteiger partial charge on any atom is 0.247 e. The van der Waals surface area contributed by atoms with Gasteiger partial charge in [0.15, 0.2) is 9.84 Å². The van der Waals surface area contributed by atoms with Crippen LogP contribution in [0.25, 0.3) is 22.2 Å². The minimum absolute atomic E-state index is 0.101. The van der Waals surface area contributed by atoms with Crippen LogP contribution in [0.4, 0.5) is 4.39 Å². The zero-order chi connectivity index (χ0) is 18.9. The molecular formula is C20H15FN2O3S. The fourth-order valence-electron chi connectivity index (χ4n) is 2.76. The molecule has 1 heterocycles. The van der Waals surface area contributed by atoms with Gasteiger partial charge in [-0.2, -0.15) is 0 Å². The summed E-state index contributed by atoms with van der Waals surface area (Å²) < 4.78 is 43.8. The number of aryl methyl sites for hydroxylation is 1. The molecule has 0 amide bonds. The lowest BCUT2D eigenvalue weighted by molar-refractivity contribution is 0.510. The van der Waals surface area contributed by atoms with E-state index in [1.165, 1.54) is 24.3 Å². The van der Waals surface area contributed by atoms with Gasteiger partial charge in [0.05, 0.1) is 10.6 Å². The van der Waals surface area contributed by atoms with Gasteiger partial charge in [0.2, 0.25) is 11.8 Å². The summed E-state index contributed by atoms with van der Waals surface area (Å²) in [6.07, 6.45) is 0.101. The predicted octanol–water partition coefficient (Wildman–Crippen LogP) is 4.05. The van der Waals surface area contributed by atoms with Crippen LogP contribution < -0.4 is 0 Å². The van der Waals surface area contributed by atoms with Crippen molar-refractivity contribution in [3.63, 3.8) is 0 Å². The second-order valence-corrected chi connectivity index (χ2v) is 8.19. The molecule has 3 aromatic carbocycles. The smallest absolute Gasteiger partial charge is 0.247 e. The van der Waals surface area contributed by atoms with Crippen molar-refractivity contribution >= 4 is 20.6 Å². The minimum atomic E-state index is -3.49. The first kappa shape index (κ1) is 17.4. The fraction of sp³-hybridized carbons (Fsp3) is 0.100. The lowest BCUT2D eigenvalue weighted by Gasteiger charge is -2.05. The fourth-order valence-corrected chi connectivity index (χ4v) is 4.03. The summed E-state index contributed by atoms with van der Waals surface area (Å²) >= 11 is 0. The van der Waals surface area contributed by atoms with Gasteiger partial charge in [0, 0.05) is 12.0 Å². The average Bonchev–Trinajstić information content (AvgIpc) is 3.16.